The van der Waals surface area contributed by atoms with E-state index < -0.39 is 9.84 Å². The molecule has 1 atom stereocenters. The highest BCUT2D eigenvalue weighted by Crippen LogP contribution is 2.29. The number of carbonyl (C=O) groups is 1. The van der Waals surface area contributed by atoms with Gasteiger partial charge in [0.25, 0.3) is 0 Å². The fourth-order valence-electron chi connectivity index (χ4n) is 4.22. The Labute approximate surface area is 159 Å². The van der Waals surface area contributed by atoms with Crippen LogP contribution in [0, 0.1) is 0 Å². The molecule has 4 rings (SSSR count). The Morgan fingerprint density at radius 3 is 2.52 bits per heavy atom. The first-order chi connectivity index (χ1) is 13.0. The lowest BCUT2D eigenvalue weighted by Gasteiger charge is -2.34. The fraction of sp³-hybridized carbons (Fsp3) is 0.526. The first-order valence-electron chi connectivity index (χ1n) is 9.49. The summed E-state index contributed by atoms with van der Waals surface area (Å²) in [5.74, 6) is 0.200. The van der Waals surface area contributed by atoms with Gasteiger partial charge in [-0.1, -0.05) is 48.4 Å². The molecule has 0 N–H and O–H groups in total. The SMILES string of the molecule is O=C(Cn1cc(-c2ccccc2)nn1)N(C1CCCC1)C1CCS(=O)(=O)C1. The van der Waals surface area contributed by atoms with Crippen LogP contribution in [0.25, 0.3) is 11.3 Å². The molecule has 1 unspecified atom stereocenters. The molecule has 1 saturated carbocycles. The standard InChI is InChI=1S/C19H24N4O3S/c24-19(13-22-12-18(20-21-22)15-6-2-1-3-7-15)23(16-8-4-5-9-16)17-10-11-27(25,26)14-17/h1-3,6-7,12,16-17H,4-5,8-11,13-14H2. The molecule has 2 aromatic rings. The molecule has 2 heterocycles. The van der Waals surface area contributed by atoms with Crippen molar-refractivity contribution in [3.8, 4) is 11.3 Å². The molecular formula is C19H24N4O3S. The number of benzene rings is 1. The number of sulfone groups is 1. The normalized spacial score (nSPS) is 22.1. The van der Waals surface area contributed by atoms with Crippen molar-refractivity contribution in [2.24, 2.45) is 0 Å². The lowest BCUT2D eigenvalue weighted by molar-refractivity contribution is -0.136. The highest BCUT2D eigenvalue weighted by Gasteiger charge is 2.39. The molecule has 0 bridgehead atoms. The van der Waals surface area contributed by atoms with E-state index in [2.05, 4.69) is 10.3 Å². The van der Waals surface area contributed by atoms with Crippen LogP contribution in [0.1, 0.15) is 32.1 Å². The third kappa shape index (κ3) is 4.05. The first kappa shape index (κ1) is 18.2. The van der Waals surface area contributed by atoms with Gasteiger partial charge in [-0.05, 0) is 19.3 Å². The maximum atomic E-state index is 13.1. The van der Waals surface area contributed by atoms with Gasteiger partial charge in [0.1, 0.15) is 12.2 Å². The third-order valence-electron chi connectivity index (χ3n) is 5.51. The third-order valence-corrected chi connectivity index (χ3v) is 7.26. The summed E-state index contributed by atoms with van der Waals surface area (Å²) in [5, 5.41) is 8.26. The Balaban J connectivity index is 1.51. The van der Waals surface area contributed by atoms with E-state index in [0.717, 1.165) is 36.9 Å². The zero-order valence-corrected chi connectivity index (χ0v) is 16.0. The number of amides is 1. The molecule has 2 aliphatic rings. The van der Waals surface area contributed by atoms with Gasteiger partial charge >= 0.3 is 0 Å². The Bertz CT molecular complexity index is 904. The molecule has 1 amide bonds. The molecule has 7 nitrogen and oxygen atoms in total. The predicted molar refractivity (Wildman–Crippen MR) is 102 cm³/mol. The van der Waals surface area contributed by atoms with E-state index in [4.69, 9.17) is 0 Å². The van der Waals surface area contributed by atoms with Gasteiger partial charge in [-0.25, -0.2) is 13.1 Å². The van der Waals surface area contributed by atoms with Crippen molar-refractivity contribution in [1.82, 2.24) is 19.9 Å². The van der Waals surface area contributed by atoms with Crippen molar-refractivity contribution in [3.63, 3.8) is 0 Å². The lowest BCUT2D eigenvalue weighted by atomic mass is 10.1. The number of hydrogen-bond acceptors (Lipinski definition) is 5. The monoisotopic (exact) mass is 388 g/mol. The van der Waals surface area contributed by atoms with E-state index >= 15 is 0 Å². The summed E-state index contributed by atoms with van der Waals surface area (Å²) in [7, 11) is -3.04. The van der Waals surface area contributed by atoms with Gasteiger partial charge in [-0.2, -0.15) is 0 Å². The van der Waals surface area contributed by atoms with Crippen LogP contribution < -0.4 is 0 Å². The summed E-state index contributed by atoms with van der Waals surface area (Å²) >= 11 is 0. The first-order valence-corrected chi connectivity index (χ1v) is 11.3. The predicted octanol–water partition coefficient (Wildman–Crippen LogP) is 1.90. The quantitative estimate of drug-likeness (QED) is 0.781. The molecule has 1 aromatic heterocycles. The highest BCUT2D eigenvalue weighted by molar-refractivity contribution is 7.91. The summed E-state index contributed by atoms with van der Waals surface area (Å²) in [6.07, 6.45) is 6.40. The molecule has 27 heavy (non-hydrogen) atoms. The average molecular weight is 388 g/mol. The van der Waals surface area contributed by atoms with Crippen molar-refractivity contribution < 1.29 is 13.2 Å². The zero-order valence-electron chi connectivity index (χ0n) is 15.2. The summed E-state index contributed by atoms with van der Waals surface area (Å²) in [6.45, 7) is 0.0902. The van der Waals surface area contributed by atoms with Gasteiger partial charge in [-0.15, -0.1) is 5.10 Å². The van der Waals surface area contributed by atoms with Gasteiger partial charge in [0.2, 0.25) is 5.91 Å². The topological polar surface area (TPSA) is 85.2 Å². The molecule has 0 spiro atoms. The smallest absolute Gasteiger partial charge is 0.244 e. The van der Waals surface area contributed by atoms with E-state index in [1.165, 1.54) is 0 Å². The molecule has 1 aliphatic heterocycles. The molecule has 0 radical (unpaired) electrons. The van der Waals surface area contributed by atoms with E-state index in [9.17, 15) is 13.2 Å². The van der Waals surface area contributed by atoms with Crippen molar-refractivity contribution in [1.29, 1.82) is 0 Å². The van der Waals surface area contributed by atoms with Gasteiger partial charge in [0.15, 0.2) is 9.84 Å². The maximum absolute atomic E-state index is 13.1. The summed E-state index contributed by atoms with van der Waals surface area (Å²) in [6, 6.07) is 9.64. The number of hydrogen-bond donors (Lipinski definition) is 0. The van der Waals surface area contributed by atoms with Crippen LogP contribution in [0.15, 0.2) is 36.5 Å². The molecule has 1 aromatic carbocycles. The second-order valence-corrected chi connectivity index (χ2v) is 9.69. The van der Waals surface area contributed by atoms with Crippen LogP contribution in [0.3, 0.4) is 0 Å². The Hall–Kier alpha value is -2.22. The van der Waals surface area contributed by atoms with Gasteiger partial charge in [-0.3, -0.25) is 4.79 Å². The fourth-order valence-corrected chi connectivity index (χ4v) is 5.93. The van der Waals surface area contributed by atoms with Gasteiger partial charge < -0.3 is 4.90 Å². The second kappa shape index (κ2) is 7.42. The Morgan fingerprint density at radius 2 is 1.85 bits per heavy atom. The summed E-state index contributed by atoms with van der Waals surface area (Å²) < 4.78 is 25.4. The van der Waals surface area contributed by atoms with E-state index in [1.54, 1.807) is 10.9 Å². The Kier molecular flexibility index (Phi) is 4.99. The van der Waals surface area contributed by atoms with Crippen LogP contribution in [0.5, 0.6) is 0 Å². The molecule has 2 fully saturated rings. The minimum Gasteiger partial charge on any atom is -0.334 e. The largest absolute Gasteiger partial charge is 0.334 e. The molecular weight excluding hydrogens is 364 g/mol. The molecule has 1 saturated heterocycles. The van der Waals surface area contributed by atoms with Crippen molar-refractivity contribution in [2.75, 3.05) is 11.5 Å². The molecule has 8 heteroatoms. The second-order valence-electron chi connectivity index (χ2n) is 7.46. The van der Waals surface area contributed by atoms with Crippen LogP contribution in [0.4, 0.5) is 0 Å². The zero-order chi connectivity index (χ0) is 18.9. The van der Waals surface area contributed by atoms with Crippen LogP contribution in [-0.2, 0) is 21.2 Å². The average Bonchev–Trinajstić information content (AvgIpc) is 3.38. The Morgan fingerprint density at radius 1 is 1.11 bits per heavy atom. The minimum atomic E-state index is -3.04. The maximum Gasteiger partial charge on any atom is 0.244 e. The van der Waals surface area contributed by atoms with Gasteiger partial charge in [0.05, 0.1) is 17.7 Å². The van der Waals surface area contributed by atoms with E-state index in [-0.39, 0.29) is 36.0 Å². The number of carbonyl (C=O) groups excluding carboxylic acids is 1. The van der Waals surface area contributed by atoms with E-state index in [1.807, 2.05) is 35.2 Å². The number of aromatic nitrogens is 3. The molecule has 1 aliphatic carbocycles. The molecule has 144 valence electrons. The van der Waals surface area contributed by atoms with Gasteiger partial charge in [0, 0.05) is 17.6 Å². The van der Waals surface area contributed by atoms with Crippen molar-refractivity contribution in [3.05, 3.63) is 36.5 Å². The van der Waals surface area contributed by atoms with Crippen molar-refractivity contribution in [2.45, 2.75) is 50.7 Å². The minimum absolute atomic E-state index is 0.0616. The summed E-state index contributed by atoms with van der Waals surface area (Å²) in [4.78, 5) is 14.9. The number of nitrogens with zero attached hydrogens (tertiary/aromatic N) is 4. The highest BCUT2D eigenvalue weighted by atomic mass is 32.2. The summed E-state index contributed by atoms with van der Waals surface area (Å²) in [5.41, 5.74) is 1.67. The lowest BCUT2D eigenvalue weighted by Crippen LogP contribution is -2.48. The number of rotatable bonds is 5. The van der Waals surface area contributed by atoms with Crippen LogP contribution >= 0.6 is 0 Å². The van der Waals surface area contributed by atoms with Crippen molar-refractivity contribution >= 4 is 15.7 Å². The van der Waals surface area contributed by atoms with Crippen LogP contribution in [0.2, 0.25) is 0 Å². The van der Waals surface area contributed by atoms with Crippen LogP contribution in [-0.4, -0.2) is 57.8 Å². The van der Waals surface area contributed by atoms with E-state index in [0.29, 0.717) is 6.42 Å².